The molecule has 1 atom stereocenters. The normalized spacial score (nSPS) is 14.2. The summed E-state index contributed by atoms with van der Waals surface area (Å²) in [5.41, 5.74) is 5.49. The predicted octanol–water partition coefficient (Wildman–Crippen LogP) is 4.88. The molecule has 1 heterocycles. The zero-order valence-corrected chi connectivity index (χ0v) is 24.6. The summed E-state index contributed by atoms with van der Waals surface area (Å²) in [6.07, 6.45) is 2.53. The van der Waals surface area contributed by atoms with Crippen molar-refractivity contribution in [3.63, 3.8) is 0 Å². The van der Waals surface area contributed by atoms with Crippen LogP contribution in [0.15, 0.2) is 114 Å². The van der Waals surface area contributed by atoms with Crippen LogP contribution in [0.5, 0.6) is 5.75 Å². The molecule has 9 heteroatoms. The number of carbonyl (C=O) groups is 2. The molecule has 0 unspecified atom stereocenters. The van der Waals surface area contributed by atoms with Gasteiger partial charge in [-0.25, -0.2) is 13.1 Å². The number of ketones is 1. The molecule has 5 rings (SSSR count). The lowest BCUT2D eigenvalue weighted by Gasteiger charge is -2.25. The highest BCUT2D eigenvalue weighted by Crippen LogP contribution is 2.33. The number of nitrogens with one attached hydrogen (secondary N) is 2. The molecular formula is C34H35N3O5S. The first-order chi connectivity index (χ1) is 20.9. The number of sulfonamides is 1. The highest BCUT2D eigenvalue weighted by Gasteiger charge is 2.28. The van der Waals surface area contributed by atoms with Crippen molar-refractivity contribution in [2.24, 2.45) is 0 Å². The third-order valence-corrected chi connectivity index (χ3v) is 8.99. The fourth-order valence-corrected chi connectivity index (χ4v) is 6.32. The number of hydroxylamine groups is 1. The van der Waals surface area contributed by atoms with Crippen molar-refractivity contribution in [3.8, 4) is 5.75 Å². The molecule has 4 aromatic carbocycles. The van der Waals surface area contributed by atoms with Crippen molar-refractivity contribution in [2.75, 3.05) is 19.6 Å². The van der Waals surface area contributed by atoms with Gasteiger partial charge in [-0.05, 0) is 73.8 Å². The van der Waals surface area contributed by atoms with Crippen LogP contribution in [0.25, 0.3) is 0 Å². The molecule has 0 aromatic heterocycles. The molecule has 222 valence electrons. The van der Waals surface area contributed by atoms with Crippen molar-refractivity contribution in [2.45, 2.75) is 36.6 Å². The number of Topliss-reactive ketones (excluding diaryl/α,β-unsaturated/α-hetero) is 1. The number of nitrogens with zero attached hydrogens (tertiary/aromatic N) is 1. The Morgan fingerprint density at radius 1 is 0.791 bits per heavy atom. The van der Waals surface area contributed by atoms with Crippen LogP contribution in [-0.2, 0) is 27.8 Å². The standard InChI is InChI=1S/C34H35N3O5S/c38-32(24-35-43(40,41)28-17-8-3-9-18-28)30(23-26-13-4-1-5-14-26)29-19-12-20-33(31(29)25-37-21-10-11-22-37)42-36-34(39)27-15-6-2-7-16-27/h1-9,12-20,30,35H,10-11,21-25H2,(H,36,39)/t30-/m0/s1. The molecule has 0 bridgehead atoms. The lowest BCUT2D eigenvalue weighted by atomic mass is 9.85. The highest BCUT2D eigenvalue weighted by molar-refractivity contribution is 7.89. The quantitative estimate of drug-likeness (QED) is 0.213. The van der Waals surface area contributed by atoms with Gasteiger partial charge in [0.25, 0.3) is 5.91 Å². The fraction of sp³-hybridized carbons (Fsp3) is 0.235. The van der Waals surface area contributed by atoms with E-state index in [0.29, 0.717) is 24.3 Å². The van der Waals surface area contributed by atoms with Crippen LogP contribution >= 0.6 is 0 Å². The van der Waals surface area contributed by atoms with Gasteiger partial charge >= 0.3 is 0 Å². The predicted molar refractivity (Wildman–Crippen MR) is 165 cm³/mol. The number of likely N-dealkylation sites (tertiary alicyclic amines) is 1. The number of hydrogen-bond acceptors (Lipinski definition) is 6. The SMILES string of the molecule is O=C(NOc1cccc([C@H](Cc2ccccc2)C(=O)CNS(=O)(=O)c2ccccc2)c1CN1CCCC1)c1ccccc1. The van der Waals surface area contributed by atoms with Crippen LogP contribution in [-0.4, -0.2) is 44.6 Å². The minimum atomic E-state index is -3.88. The van der Waals surface area contributed by atoms with Gasteiger partial charge in [0, 0.05) is 23.6 Å². The Labute approximate surface area is 252 Å². The van der Waals surface area contributed by atoms with E-state index >= 15 is 0 Å². The van der Waals surface area contributed by atoms with Crippen molar-refractivity contribution in [1.29, 1.82) is 0 Å². The van der Waals surface area contributed by atoms with E-state index in [1.807, 2.05) is 42.5 Å². The Balaban J connectivity index is 1.46. The summed E-state index contributed by atoms with van der Waals surface area (Å²) in [6.45, 7) is 1.99. The molecule has 1 aliphatic heterocycles. The summed E-state index contributed by atoms with van der Waals surface area (Å²) >= 11 is 0. The summed E-state index contributed by atoms with van der Waals surface area (Å²) < 4.78 is 28.4. The van der Waals surface area contributed by atoms with Crippen molar-refractivity contribution in [1.82, 2.24) is 15.1 Å². The molecule has 8 nitrogen and oxygen atoms in total. The molecule has 1 fully saturated rings. The van der Waals surface area contributed by atoms with E-state index in [9.17, 15) is 18.0 Å². The average Bonchev–Trinajstić information content (AvgIpc) is 3.56. The Morgan fingerprint density at radius 2 is 1.42 bits per heavy atom. The number of rotatable bonds is 13. The van der Waals surface area contributed by atoms with E-state index < -0.39 is 15.9 Å². The van der Waals surface area contributed by atoms with E-state index in [1.165, 1.54) is 12.1 Å². The van der Waals surface area contributed by atoms with Gasteiger partial charge in [-0.15, -0.1) is 0 Å². The van der Waals surface area contributed by atoms with Gasteiger partial charge < -0.3 is 4.84 Å². The minimum Gasteiger partial charge on any atom is -0.379 e. The molecule has 0 saturated carbocycles. The molecule has 1 amide bonds. The lowest BCUT2D eigenvalue weighted by Crippen LogP contribution is -2.34. The Bertz CT molecular complexity index is 1620. The number of amides is 1. The summed E-state index contributed by atoms with van der Waals surface area (Å²) in [5, 5.41) is 0. The van der Waals surface area contributed by atoms with Gasteiger partial charge in [-0.3, -0.25) is 14.5 Å². The Morgan fingerprint density at radius 3 is 2.09 bits per heavy atom. The summed E-state index contributed by atoms with van der Waals surface area (Å²) in [6, 6.07) is 31.9. The zero-order valence-electron chi connectivity index (χ0n) is 23.8. The Hall–Kier alpha value is -4.31. The number of benzene rings is 4. The van der Waals surface area contributed by atoms with E-state index in [0.717, 1.165) is 42.6 Å². The highest BCUT2D eigenvalue weighted by atomic mass is 32.2. The average molecular weight is 598 g/mol. The van der Waals surface area contributed by atoms with Crippen LogP contribution in [0.2, 0.25) is 0 Å². The summed E-state index contributed by atoms with van der Waals surface area (Å²) in [5.74, 6) is -0.863. The van der Waals surface area contributed by atoms with Crippen molar-refractivity contribution >= 4 is 21.7 Å². The zero-order chi connectivity index (χ0) is 30.1. The van der Waals surface area contributed by atoms with E-state index in [1.54, 1.807) is 54.6 Å². The van der Waals surface area contributed by atoms with Gasteiger partial charge in [0.1, 0.15) is 0 Å². The first-order valence-electron chi connectivity index (χ1n) is 14.4. The first kappa shape index (κ1) is 30.2. The second-order valence-corrected chi connectivity index (χ2v) is 12.3. The van der Waals surface area contributed by atoms with Crippen LogP contribution < -0.4 is 15.0 Å². The molecule has 0 aliphatic carbocycles. The fourth-order valence-electron chi connectivity index (χ4n) is 5.31. The molecule has 0 radical (unpaired) electrons. The molecule has 2 N–H and O–H groups in total. The van der Waals surface area contributed by atoms with E-state index in [2.05, 4.69) is 15.1 Å². The van der Waals surface area contributed by atoms with Gasteiger partial charge in [-0.1, -0.05) is 78.9 Å². The van der Waals surface area contributed by atoms with Crippen LogP contribution in [0.3, 0.4) is 0 Å². The maximum absolute atomic E-state index is 13.9. The molecule has 1 saturated heterocycles. The first-order valence-corrected chi connectivity index (χ1v) is 15.9. The molecular weight excluding hydrogens is 562 g/mol. The lowest BCUT2D eigenvalue weighted by molar-refractivity contribution is -0.119. The van der Waals surface area contributed by atoms with Gasteiger partial charge in [0.15, 0.2) is 11.5 Å². The summed E-state index contributed by atoms with van der Waals surface area (Å²) in [7, 11) is -3.88. The van der Waals surface area contributed by atoms with Gasteiger partial charge in [0.05, 0.1) is 11.4 Å². The molecule has 43 heavy (non-hydrogen) atoms. The molecule has 4 aromatic rings. The minimum absolute atomic E-state index is 0.0988. The monoisotopic (exact) mass is 597 g/mol. The smallest absolute Gasteiger partial charge is 0.283 e. The van der Waals surface area contributed by atoms with E-state index in [4.69, 9.17) is 4.84 Å². The van der Waals surface area contributed by atoms with Crippen LogP contribution in [0.1, 0.15) is 45.8 Å². The maximum Gasteiger partial charge on any atom is 0.283 e. The number of carbonyl (C=O) groups excluding carboxylic acids is 2. The van der Waals surface area contributed by atoms with Crippen LogP contribution in [0, 0.1) is 0 Å². The third kappa shape index (κ3) is 7.95. The van der Waals surface area contributed by atoms with E-state index in [-0.39, 0.29) is 23.1 Å². The van der Waals surface area contributed by atoms with Crippen molar-refractivity contribution < 1.29 is 22.8 Å². The summed E-state index contributed by atoms with van der Waals surface area (Å²) in [4.78, 5) is 35.0. The second kappa shape index (κ2) is 14.2. The third-order valence-electron chi connectivity index (χ3n) is 7.58. The van der Waals surface area contributed by atoms with Crippen molar-refractivity contribution in [3.05, 3.63) is 131 Å². The Kier molecular flexibility index (Phi) is 9.99. The molecule has 1 aliphatic rings. The maximum atomic E-state index is 13.9. The molecule has 0 spiro atoms. The van der Waals surface area contributed by atoms with Gasteiger partial charge in [-0.2, -0.15) is 5.48 Å². The second-order valence-electron chi connectivity index (χ2n) is 10.6. The topological polar surface area (TPSA) is 105 Å². The largest absolute Gasteiger partial charge is 0.379 e. The van der Waals surface area contributed by atoms with Gasteiger partial charge in [0.2, 0.25) is 10.0 Å². The number of hydrogen-bond donors (Lipinski definition) is 2. The van der Waals surface area contributed by atoms with Crippen LogP contribution in [0.4, 0.5) is 0 Å².